The quantitative estimate of drug-likeness (QED) is 0.394. The number of anilines is 1. The molecular weight excluding hydrogens is 494 g/mol. The molecule has 0 spiro atoms. The van der Waals surface area contributed by atoms with E-state index in [1.54, 1.807) is 30.3 Å². The third-order valence-electron chi connectivity index (χ3n) is 3.68. The van der Waals surface area contributed by atoms with Gasteiger partial charge in [0.2, 0.25) is 5.91 Å². The van der Waals surface area contributed by atoms with Crippen LogP contribution in [0.1, 0.15) is 25.3 Å². The van der Waals surface area contributed by atoms with Gasteiger partial charge in [0.25, 0.3) is 0 Å². The van der Waals surface area contributed by atoms with Gasteiger partial charge in [-0.3, -0.25) is 4.79 Å². The van der Waals surface area contributed by atoms with Crippen molar-refractivity contribution in [3.05, 3.63) is 57.0 Å². The molecule has 0 atom stereocenters. The number of amides is 1. The first kappa shape index (κ1) is 22.0. The minimum absolute atomic E-state index is 0.145. The molecule has 148 valence electrons. The van der Waals surface area contributed by atoms with E-state index >= 15 is 0 Å². The molecule has 2 rings (SSSR count). The van der Waals surface area contributed by atoms with Crippen molar-refractivity contribution in [3.63, 3.8) is 0 Å². The lowest BCUT2D eigenvalue weighted by atomic mass is 10.0. The number of carbonyl (C=O) groups excluding carboxylic acids is 2. The molecule has 2 aromatic rings. The number of ether oxygens (including phenoxy) is 2. The SMILES string of the molecule is COC(=O)/C=C/C(=O)Nc1cc(Br)c(Oc2ccc(O)c(C(C)C)c2)c(Br)c1. The number of phenolic OH excluding ortho intramolecular Hbond substituents is 1. The second-order valence-electron chi connectivity index (χ2n) is 6.09. The number of benzene rings is 2. The number of carbonyl (C=O) groups is 2. The zero-order valence-corrected chi connectivity index (χ0v) is 18.6. The molecule has 6 nitrogen and oxygen atoms in total. The van der Waals surface area contributed by atoms with Crippen molar-refractivity contribution in [1.82, 2.24) is 0 Å². The maximum absolute atomic E-state index is 11.9. The predicted molar refractivity (Wildman–Crippen MR) is 114 cm³/mol. The maximum atomic E-state index is 11.9. The first-order valence-electron chi connectivity index (χ1n) is 8.28. The topological polar surface area (TPSA) is 84.9 Å². The van der Waals surface area contributed by atoms with E-state index in [1.807, 2.05) is 13.8 Å². The van der Waals surface area contributed by atoms with Crippen LogP contribution < -0.4 is 10.1 Å². The van der Waals surface area contributed by atoms with E-state index < -0.39 is 11.9 Å². The third kappa shape index (κ3) is 5.84. The van der Waals surface area contributed by atoms with Crippen molar-refractivity contribution >= 4 is 49.4 Å². The summed E-state index contributed by atoms with van der Waals surface area (Å²) in [7, 11) is 1.23. The fraction of sp³-hybridized carbons (Fsp3) is 0.200. The molecule has 0 aliphatic rings. The highest BCUT2D eigenvalue weighted by Gasteiger charge is 2.13. The summed E-state index contributed by atoms with van der Waals surface area (Å²) in [6, 6.07) is 8.40. The smallest absolute Gasteiger partial charge is 0.330 e. The van der Waals surface area contributed by atoms with E-state index in [2.05, 4.69) is 41.9 Å². The monoisotopic (exact) mass is 511 g/mol. The van der Waals surface area contributed by atoms with Crippen LogP contribution in [0, 0.1) is 0 Å². The van der Waals surface area contributed by atoms with Crippen molar-refractivity contribution in [2.24, 2.45) is 0 Å². The number of aromatic hydroxyl groups is 1. The largest absolute Gasteiger partial charge is 0.508 e. The number of rotatable bonds is 6. The van der Waals surface area contributed by atoms with Crippen molar-refractivity contribution in [1.29, 1.82) is 0 Å². The maximum Gasteiger partial charge on any atom is 0.330 e. The molecular formula is C20H19Br2NO5. The van der Waals surface area contributed by atoms with Crippen LogP contribution in [0.4, 0.5) is 5.69 Å². The molecule has 0 radical (unpaired) electrons. The Bertz CT molecular complexity index is 902. The Hall–Kier alpha value is -2.32. The molecule has 0 bridgehead atoms. The summed E-state index contributed by atoms with van der Waals surface area (Å²) in [5, 5.41) is 12.6. The average Bonchev–Trinajstić information content (AvgIpc) is 2.63. The van der Waals surface area contributed by atoms with Gasteiger partial charge in [0.1, 0.15) is 11.5 Å². The second-order valence-corrected chi connectivity index (χ2v) is 7.80. The predicted octanol–water partition coefficient (Wildman–Crippen LogP) is 5.50. The fourth-order valence-corrected chi connectivity index (χ4v) is 3.65. The van der Waals surface area contributed by atoms with Crippen LogP contribution in [-0.2, 0) is 14.3 Å². The highest BCUT2D eigenvalue weighted by molar-refractivity contribution is 9.11. The molecule has 1 amide bonds. The lowest BCUT2D eigenvalue weighted by Gasteiger charge is -2.14. The summed E-state index contributed by atoms with van der Waals surface area (Å²) in [5.74, 6) is 0.364. The number of esters is 1. The Labute approximate surface area is 179 Å². The number of phenols is 1. The van der Waals surface area contributed by atoms with Crippen LogP contribution in [0.3, 0.4) is 0 Å². The normalized spacial score (nSPS) is 10.9. The second kappa shape index (κ2) is 9.75. The van der Waals surface area contributed by atoms with Gasteiger partial charge in [0, 0.05) is 23.4 Å². The molecule has 0 aliphatic carbocycles. The van der Waals surface area contributed by atoms with Crippen LogP contribution >= 0.6 is 31.9 Å². The molecule has 0 heterocycles. The van der Waals surface area contributed by atoms with Gasteiger partial charge in [-0.25, -0.2) is 4.79 Å². The van der Waals surface area contributed by atoms with Gasteiger partial charge in [-0.2, -0.15) is 0 Å². The first-order valence-corrected chi connectivity index (χ1v) is 9.86. The van der Waals surface area contributed by atoms with Crippen LogP contribution in [0.15, 0.2) is 51.4 Å². The average molecular weight is 513 g/mol. The van der Waals surface area contributed by atoms with Crippen LogP contribution in [0.5, 0.6) is 17.2 Å². The fourth-order valence-electron chi connectivity index (χ4n) is 2.30. The summed E-state index contributed by atoms with van der Waals surface area (Å²) in [6.07, 6.45) is 2.12. The highest BCUT2D eigenvalue weighted by atomic mass is 79.9. The Morgan fingerprint density at radius 3 is 2.32 bits per heavy atom. The number of nitrogens with one attached hydrogen (secondary N) is 1. The standard InChI is InChI=1S/C20H19Br2NO5/c1-11(2)14-10-13(4-5-17(14)24)28-20-15(21)8-12(9-16(20)22)23-18(25)6-7-19(26)27-3/h4-11,24H,1-3H3,(H,23,25)/b7-6+. The Morgan fingerprint density at radius 2 is 1.75 bits per heavy atom. The summed E-state index contributed by atoms with van der Waals surface area (Å²) in [4.78, 5) is 22.9. The van der Waals surface area contributed by atoms with Crippen LogP contribution in [-0.4, -0.2) is 24.1 Å². The first-order chi connectivity index (χ1) is 13.2. The van der Waals surface area contributed by atoms with Gasteiger partial charge >= 0.3 is 5.97 Å². The van der Waals surface area contributed by atoms with Crippen LogP contribution in [0.2, 0.25) is 0 Å². The minimum atomic E-state index is -0.615. The van der Waals surface area contributed by atoms with E-state index in [1.165, 1.54) is 7.11 Å². The molecule has 28 heavy (non-hydrogen) atoms. The number of hydrogen-bond acceptors (Lipinski definition) is 5. The number of hydrogen-bond donors (Lipinski definition) is 2. The highest BCUT2D eigenvalue weighted by Crippen LogP contribution is 2.40. The van der Waals surface area contributed by atoms with Crippen LogP contribution in [0.25, 0.3) is 0 Å². The zero-order chi connectivity index (χ0) is 20.8. The van der Waals surface area contributed by atoms with Crippen molar-refractivity contribution in [3.8, 4) is 17.2 Å². The van der Waals surface area contributed by atoms with Gasteiger partial charge in [0.15, 0.2) is 5.75 Å². The summed E-state index contributed by atoms with van der Waals surface area (Å²) in [5.41, 5.74) is 1.28. The summed E-state index contributed by atoms with van der Waals surface area (Å²) < 4.78 is 11.6. The lowest BCUT2D eigenvalue weighted by Crippen LogP contribution is -2.09. The molecule has 0 aromatic heterocycles. The lowest BCUT2D eigenvalue weighted by molar-refractivity contribution is -0.135. The molecule has 0 saturated carbocycles. The number of methoxy groups -OCH3 is 1. The summed E-state index contributed by atoms with van der Waals surface area (Å²) in [6.45, 7) is 3.97. The summed E-state index contributed by atoms with van der Waals surface area (Å²) >= 11 is 6.87. The third-order valence-corrected chi connectivity index (χ3v) is 4.86. The molecule has 0 saturated heterocycles. The van der Waals surface area contributed by atoms with Crippen molar-refractivity contribution < 1.29 is 24.2 Å². The van der Waals surface area contributed by atoms with Crippen molar-refractivity contribution in [2.75, 3.05) is 12.4 Å². The van der Waals surface area contributed by atoms with Crippen molar-refractivity contribution in [2.45, 2.75) is 19.8 Å². The van der Waals surface area contributed by atoms with E-state index in [-0.39, 0.29) is 11.7 Å². The zero-order valence-electron chi connectivity index (χ0n) is 15.5. The van der Waals surface area contributed by atoms with Gasteiger partial charge in [-0.1, -0.05) is 13.8 Å². The van der Waals surface area contributed by atoms with Gasteiger partial charge in [0.05, 0.1) is 16.1 Å². The Balaban J connectivity index is 2.20. The molecule has 0 unspecified atom stereocenters. The molecule has 0 aliphatic heterocycles. The number of halogens is 2. The van der Waals surface area contributed by atoms with E-state index in [0.29, 0.717) is 26.1 Å². The molecule has 8 heteroatoms. The van der Waals surface area contributed by atoms with E-state index in [4.69, 9.17) is 4.74 Å². The van der Waals surface area contributed by atoms with E-state index in [9.17, 15) is 14.7 Å². The Kier molecular flexibility index (Phi) is 7.65. The minimum Gasteiger partial charge on any atom is -0.508 e. The Morgan fingerprint density at radius 1 is 1.11 bits per heavy atom. The van der Waals surface area contributed by atoms with Gasteiger partial charge in [-0.15, -0.1) is 0 Å². The van der Waals surface area contributed by atoms with E-state index in [0.717, 1.165) is 17.7 Å². The molecule has 2 N–H and O–H groups in total. The molecule has 2 aromatic carbocycles. The van der Waals surface area contributed by atoms with Gasteiger partial charge < -0.3 is 19.9 Å². The van der Waals surface area contributed by atoms with Gasteiger partial charge in [-0.05, 0) is 68.1 Å². The molecule has 0 fully saturated rings.